The van der Waals surface area contributed by atoms with Gasteiger partial charge in [0.25, 0.3) is 0 Å². The third-order valence-electron chi connectivity index (χ3n) is 3.51. The van der Waals surface area contributed by atoms with Crippen LogP contribution in [0.2, 0.25) is 0 Å². The van der Waals surface area contributed by atoms with Gasteiger partial charge in [0.15, 0.2) is 5.16 Å². The molecule has 1 aromatic heterocycles. The van der Waals surface area contributed by atoms with Crippen molar-refractivity contribution in [2.24, 2.45) is 0 Å². The maximum atomic E-state index is 13.0. The summed E-state index contributed by atoms with van der Waals surface area (Å²) in [5, 5.41) is 0.485. The molecule has 0 bridgehead atoms. The lowest BCUT2D eigenvalue weighted by Gasteiger charge is -2.25. The van der Waals surface area contributed by atoms with Crippen LogP contribution in [0.1, 0.15) is 24.2 Å². The second-order valence-corrected chi connectivity index (χ2v) is 6.18. The van der Waals surface area contributed by atoms with E-state index in [1.165, 1.54) is 23.9 Å². The molecule has 0 aliphatic carbocycles. The van der Waals surface area contributed by atoms with Gasteiger partial charge >= 0.3 is 0 Å². The summed E-state index contributed by atoms with van der Waals surface area (Å²) in [4.78, 5) is 22.3. The minimum Gasteiger partial charge on any atom is -0.384 e. The predicted octanol–water partition coefficient (Wildman–Crippen LogP) is 2.82. The van der Waals surface area contributed by atoms with E-state index in [1.807, 2.05) is 13.8 Å². The highest BCUT2D eigenvalue weighted by molar-refractivity contribution is 7.99. The number of nitrogens with zero attached hydrogens (tertiary/aromatic N) is 3. The van der Waals surface area contributed by atoms with Crippen molar-refractivity contribution in [1.82, 2.24) is 14.9 Å². The van der Waals surface area contributed by atoms with Gasteiger partial charge in [0.2, 0.25) is 5.91 Å². The quantitative estimate of drug-likeness (QED) is 0.672. The van der Waals surface area contributed by atoms with Crippen LogP contribution in [0, 0.1) is 12.7 Å². The Morgan fingerprint density at radius 2 is 2.00 bits per heavy atom. The maximum absolute atomic E-state index is 13.0. The molecule has 0 spiro atoms. The molecule has 5 nitrogen and oxygen atoms in total. The molecule has 0 radical (unpaired) electrons. The first-order valence-corrected chi connectivity index (χ1v) is 8.10. The molecular formula is C16H19FN4OS. The number of carbonyl (C=O) groups is 1. The number of anilines is 1. The lowest BCUT2D eigenvalue weighted by Crippen LogP contribution is -2.31. The number of hydrogen-bond donors (Lipinski definition) is 1. The fourth-order valence-electron chi connectivity index (χ4n) is 2.04. The monoisotopic (exact) mass is 334 g/mol. The van der Waals surface area contributed by atoms with E-state index in [0.29, 0.717) is 11.0 Å². The number of amides is 1. The smallest absolute Gasteiger partial charge is 0.233 e. The average Bonchev–Trinajstić information content (AvgIpc) is 2.51. The first-order valence-electron chi connectivity index (χ1n) is 7.12. The number of nitrogens with two attached hydrogens (primary N) is 1. The van der Waals surface area contributed by atoms with E-state index in [1.54, 1.807) is 30.1 Å². The van der Waals surface area contributed by atoms with Gasteiger partial charge in [-0.15, -0.1) is 0 Å². The lowest BCUT2D eigenvalue weighted by molar-refractivity contribution is -0.128. The molecule has 2 aromatic rings. The highest BCUT2D eigenvalue weighted by Crippen LogP contribution is 2.21. The van der Waals surface area contributed by atoms with Crippen molar-refractivity contribution in [1.29, 1.82) is 0 Å². The number of hydrogen-bond acceptors (Lipinski definition) is 5. The summed E-state index contributed by atoms with van der Waals surface area (Å²) in [6.07, 6.45) is 0. The van der Waals surface area contributed by atoms with Crippen LogP contribution in [0.5, 0.6) is 0 Å². The molecular weight excluding hydrogens is 315 g/mol. The van der Waals surface area contributed by atoms with Gasteiger partial charge in [-0.25, -0.2) is 14.4 Å². The summed E-state index contributed by atoms with van der Waals surface area (Å²) in [5.74, 6) is 0.251. The molecule has 122 valence electrons. The van der Waals surface area contributed by atoms with Gasteiger partial charge < -0.3 is 10.6 Å². The minimum absolute atomic E-state index is 0.0597. The van der Waals surface area contributed by atoms with Crippen molar-refractivity contribution in [3.63, 3.8) is 0 Å². The third-order valence-corrected chi connectivity index (χ3v) is 4.34. The number of benzene rings is 1. The highest BCUT2D eigenvalue weighted by atomic mass is 32.2. The Morgan fingerprint density at radius 3 is 2.61 bits per heavy atom. The van der Waals surface area contributed by atoms with E-state index in [9.17, 15) is 9.18 Å². The van der Waals surface area contributed by atoms with Gasteiger partial charge in [0, 0.05) is 18.8 Å². The van der Waals surface area contributed by atoms with Crippen molar-refractivity contribution < 1.29 is 9.18 Å². The Balaban J connectivity index is 1.97. The molecule has 2 rings (SSSR count). The SMILES string of the molecule is Cc1cc(N)nc(SCC(=O)N(C)C(C)c2ccc(F)cc2)n1. The zero-order chi connectivity index (χ0) is 17.0. The molecule has 2 N–H and O–H groups in total. The van der Waals surface area contributed by atoms with Crippen LogP contribution in [0.3, 0.4) is 0 Å². The summed E-state index contributed by atoms with van der Waals surface area (Å²) in [6.45, 7) is 3.73. The standard InChI is InChI=1S/C16H19FN4OS/c1-10-8-14(18)20-16(19-10)23-9-15(22)21(3)11(2)12-4-6-13(17)7-5-12/h4-8,11H,9H2,1-3H3,(H2,18,19,20). The third kappa shape index (κ3) is 4.66. The largest absolute Gasteiger partial charge is 0.384 e. The molecule has 1 aromatic carbocycles. The van der Waals surface area contributed by atoms with Gasteiger partial charge in [-0.3, -0.25) is 4.79 Å². The Morgan fingerprint density at radius 1 is 1.35 bits per heavy atom. The fourth-order valence-corrected chi connectivity index (χ4v) is 2.87. The van der Waals surface area contributed by atoms with Crippen molar-refractivity contribution >= 4 is 23.5 Å². The average molecular weight is 334 g/mol. The Kier molecular flexibility index (Phi) is 5.54. The predicted molar refractivity (Wildman–Crippen MR) is 89.5 cm³/mol. The Hall–Kier alpha value is -2.15. The van der Waals surface area contributed by atoms with Crippen LogP contribution < -0.4 is 5.73 Å². The zero-order valence-corrected chi connectivity index (χ0v) is 14.1. The van der Waals surface area contributed by atoms with E-state index in [-0.39, 0.29) is 23.5 Å². The fraction of sp³-hybridized carbons (Fsp3) is 0.312. The second-order valence-electron chi connectivity index (χ2n) is 5.24. The summed E-state index contributed by atoms with van der Waals surface area (Å²) >= 11 is 1.25. The van der Waals surface area contributed by atoms with Gasteiger partial charge in [-0.1, -0.05) is 23.9 Å². The van der Waals surface area contributed by atoms with E-state index in [0.717, 1.165) is 11.3 Å². The van der Waals surface area contributed by atoms with Crippen LogP contribution in [-0.2, 0) is 4.79 Å². The molecule has 7 heteroatoms. The van der Waals surface area contributed by atoms with Crippen LogP contribution in [-0.4, -0.2) is 33.6 Å². The molecule has 0 aliphatic rings. The summed E-state index contributed by atoms with van der Waals surface area (Å²) in [5.41, 5.74) is 7.31. The van der Waals surface area contributed by atoms with E-state index < -0.39 is 0 Å². The molecule has 0 fully saturated rings. The van der Waals surface area contributed by atoms with Gasteiger partial charge in [-0.05, 0) is 31.5 Å². The molecule has 1 atom stereocenters. The van der Waals surface area contributed by atoms with Gasteiger partial charge in [-0.2, -0.15) is 0 Å². The minimum atomic E-state index is -0.292. The summed E-state index contributed by atoms with van der Waals surface area (Å²) in [7, 11) is 1.72. The molecule has 1 unspecified atom stereocenters. The molecule has 0 aliphatic heterocycles. The number of nitrogen functional groups attached to an aromatic ring is 1. The summed E-state index contributed by atoms with van der Waals surface area (Å²) in [6, 6.07) is 7.68. The van der Waals surface area contributed by atoms with Crippen LogP contribution in [0.15, 0.2) is 35.5 Å². The number of halogens is 1. The van der Waals surface area contributed by atoms with Crippen LogP contribution >= 0.6 is 11.8 Å². The number of carbonyl (C=O) groups excluding carboxylic acids is 1. The second kappa shape index (κ2) is 7.41. The van der Waals surface area contributed by atoms with Crippen LogP contribution in [0.25, 0.3) is 0 Å². The first-order chi connectivity index (χ1) is 10.9. The van der Waals surface area contributed by atoms with Crippen molar-refractivity contribution in [3.05, 3.63) is 47.4 Å². The zero-order valence-electron chi connectivity index (χ0n) is 13.3. The molecule has 0 saturated heterocycles. The number of thioether (sulfide) groups is 1. The lowest BCUT2D eigenvalue weighted by atomic mass is 10.1. The van der Waals surface area contributed by atoms with Gasteiger partial charge in [0.1, 0.15) is 11.6 Å². The topological polar surface area (TPSA) is 72.1 Å². The number of aromatic nitrogens is 2. The first kappa shape index (κ1) is 17.2. The molecule has 1 amide bonds. The molecule has 0 saturated carbocycles. The Labute approximate surface area is 139 Å². The maximum Gasteiger partial charge on any atom is 0.233 e. The van der Waals surface area contributed by atoms with Crippen LogP contribution in [0.4, 0.5) is 10.2 Å². The van der Waals surface area contributed by atoms with E-state index >= 15 is 0 Å². The van der Waals surface area contributed by atoms with Gasteiger partial charge in [0.05, 0.1) is 11.8 Å². The normalized spacial score (nSPS) is 12.0. The molecule has 1 heterocycles. The van der Waals surface area contributed by atoms with E-state index in [4.69, 9.17) is 5.73 Å². The van der Waals surface area contributed by atoms with Crippen molar-refractivity contribution in [2.45, 2.75) is 25.0 Å². The van der Waals surface area contributed by atoms with Crippen molar-refractivity contribution in [2.75, 3.05) is 18.5 Å². The Bertz CT molecular complexity index is 673. The number of aryl methyl sites for hydroxylation is 1. The van der Waals surface area contributed by atoms with Crippen molar-refractivity contribution in [3.8, 4) is 0 Å². The highest BCUT2D eigenvalue weighted by Gasteiger charge is 2.18. The summed E-state index contributed by atoms with van der Waals surface area (Å²) < 4.78 is 13.0. The molecule has 23 heavy (non-hydrogen) atoms. The number of rotatable bonds is 5. The van der Waals surface area contributed by atoms with E-state index in [2.05, 4.69) is 9.97 Å².